The molecule has 0 bridgehead atoms. The molecular weight excluding hydrogens is 490 g/mol. The van der Waals surface area contributed by atoms with Gasteiger partial charge in [-0.15, -0.1) is 0 Å². The van der Waals surface area contributed by atoms with E-state index in [-0.39, 0.29) is 40.1 Å². The number of benzene rings is 1. The number of fused-ring (bicyclic) bond motifs is 1. The number of para-hydroxylation sites is 1. The molecule has 1 aromatic carbocycles. The molecule has 0 unspecified atom stereocenters. The smallest absolute Gasteiger partial charge is 0.277 e. The van der Waals surface area contributed by atoms with Gasteiger partial charge in [-0.2, -0.15) is 5.10 Å². The number of carbonyl (C=O) groups excluding carboxylic acids is 3. The van der Waals surface area contributed by atoms with E-state index < -0.39 is 11.0 Å². The van der Waals surface area contributed by atoms with Crippen molar-refractivity contribution in [2.75, 3.05) is 11.4 Å². The Morgan fingerprint density at radius 1 is 1.13 bits per heavy atom. The zero-order valence-electron chi connectivity index (χ0n) is 23.9. The van der Waals surface area contributed by atoms with Gasteiger partial charge in [-0.3, -0.25) is 14.4 Å². The summed E-state index contributed by atoms with van der Waals surface area (Å²) in [5.74, 6) is -0.314. The van der Waals surface area contributed by atoms with Gasteiger partial charge < -0.3 is 10.0 Å². The van der Waals surface area contributed by atoms with Crippen LogP contribution in [0, 0.1) is 5.92 Å². The molecule has 0 spiro atoms. The highest BCUT2D eigenvalue weighted by atomic mass is 16.3. The summed E-state index contributed by atoms with van der Waals surface area (Å²) in [6, 6.07) is 8.17. The summed E-state index contributed by atoms with van der Waals surface area (Å²) in [5, 5.41) is 16.8. The van der Waals surface area contributed by atoms with Crippen LogP contribution < -0.4 is 4.90 Å². The molecule has 4 aliphatic rings. The summed E-state index contributed by atoms with van der Waals surface area (Å²) < 4.78 is 0. The van der Waals surface area contributed by atoms with Gasteiger partial charge in [0.15, 0.2) is 0 Å². The lowest BCUT2D eigenvalue weighted by Crippen LogP contribution is -2.40. The van der Waals surface area contributed by atoms with Gasteiger partial charge in [0.05, 0.1) is 28.0 Å². The van der Waals surface area contributed by atoms with Crippen LogP contribution in [0.5, 0.6) is 0 Å². The topological polar surface area (TPSA) is 90.3 Å². The molecular formula is C32H39N3O4. The maximum absolute atomic E-state index is 13.4. The first-order chi connectivity index (χ1) is 18.3. The van der Waals surface area contributed by atoms with Crippen LogP contribution in [0.15, 0.2) is 63.6 Å². The highest BCUT2D eigenvalue weighted by Gasteiger charge is 2.46. The maximum Gasteiger partial charge on any atom is 0.277 e. The van der Waals surface area contributed by atoms with Crippen molar-refractivity contribution in [2.24, 2.45) is 11.0 Å². The monoisotopic (exact) mass is 529 g/mol. The normalized spacial score (nSPS) is 24.2. The number of amides is 1. The predicted molar refractivity (Wildman–Crippen MR) is 152 cm³/mol. The number of hydrogen-bond acceptors (Lipinski definition) is 6. The van der Waals surface area contributed by atoms with Crippen LogP contribution in [-0.2, 0) is 19.8 Å². The summed E-state index contributed by atoms with van der Waals surface area (Å²) in [6.45, 7) is 12.2. The van der Waals surface area contributed by atoms with Gasteiger partial charge in [0.1, 0.15) is 11.5 Å². The zero-order valence-corrected chi connectivity index (χ0v) is 23.9. The second-order valence-electron chi connectivity index (χ2n) is 12.7. The SMILES string of the molecule is CC1=NN(C(C)(C)C)C(=O)/C1=C1\C(=O)C(/C=C2\N(CCCC(=O)C3CCCC3)c3ccccc3C2(C)C)=C1O. The van der Waals surface area contributed by atoms with Gasteiger partial charge >= 0.3 is 0 Å². The first-order valence-electron chi connectivity index (χ1n) is 14.1. The van der Waals surface area contributed by atoms with Gasteiger partial charge in [0, 0.05) is 35.7 Å². The van der Waals surface area contributed by atoms with Crippen LogP contribution in [0.4, 0.5) is 5.69 Å². The van der Waals surface area contributed by atoms with Crippen molar-refractivity contribution in [2.45, 2.75) is 91.0 Å². The Labute approximate surface area is 230 Å². The number of hydrogen-bond donors (Lipinski definition) is 1. The number of carbonyl (C=O) groups is 3. The molecule has 7 nitrogen and oxygen atoms in total. The number of rotatable bonds is 6. The number of hydrazone groups is 1. The maximum atomic E-state index is 13.4. The number of Topliss-reactive ketones (excluding diaryl/α,β-unsaturated/α-hetero) is 2. The Kier molecular flexibility index (Phi) is 6.68. The Balaban J connectivity index is 1.47. The first kappa shape index (κ1) is 27.1. The van der Waals surface area contributed by atoms with Gasteiger partial charge in [-0.1, -0.05) is 44.9 Å². The van der Waals surface area contributed by atoms with Crippen molar-refractivity contribution in [3.05, 3.63) is 64.1 Å². The van der Waals surface area contributed by atoms with Gasteiger partial charge in [-0.05, 0) is 64.7 Å². The van der Waals surface area contributed by atoms with Crippen LogP contribution in [0.2, 0.25) is 0 Å². The minimum Gasteiger partial charge on any atom is -0.506 e. The Bertz CT molecular complexity index is 1380. The van der Waals surface area contributed by atoms with E-state index in [0.29, 0.717) is 24.5 Å². The highest BCUT2D eigenvalue weighted by Crippen LogP contribution is 2.49. The Morgan fingerprint density at radius 2 is 1.79 bits per heavy atom. The average molecular weight is 530 g/mol. The quantitative estimate of drug-likeness (QED) is 0.462. The number of allylic oxidation sites excluding steroid dienone is 4. The zero-order chi connectivity index (χ0) is 28.3. The van der Waals surface area contributed by atoms with Crippen LogP contribution in [-0.4, -0.2) is 45.4 Å². The molecule has 1 amide bonds. The van der Waals surface area contributed by atoms with Gasteiger partial charge in [0.25, 0.3) is 5.91 Å². The summed E-state index contributed by atoms with van der Waals surface area (Å²) >= 11 is 0. The van der Waals surface area contributed by atoms with Crippen LogP contribution >= 0.6 is 0 Å². The lowest BCUT2D eigenvalue weighted by Gasteiger charge is -2.30. The van der Waals surface area contributed by atoms with Gasteiger partial charge in [-0.25, -0.2) is 5.01 Å². The standard InChI is InChI=1S/C32H39N3O4/c1-19-26(30(39)35(33-19)31(2,3)4)27-28(37)21(29(27)38)18-25-32(5,6)22-14-9-10-15-23(22)34(25)17-11-16-24(36)20-12-7-8-13-20/h9-10,14-15,18,20,37H,7-8,11-13,16-17H2,1-6H3/b25-18-,27-26-. The molecule has 1 saturated carbocycles. The predicted octanol–water partition coefficient (Wildman–Crippen LogP) is 5.92. The molecule has 0 atom stereocenters. The minimum atomic E-state index is -0.545. The fourth-order valence-corrected chi connectivity index (χ4v) is 6.38. The Hall–Kier alpha value is -3.48. The van der Waals surface area contributed by atoms with E-state index in [1.807, 2.05) is 32.9 Å². The average Bonchev–Trinajstić information content (AvgIpc) is 3.56. The molecule has 1 fully saturated rings. The molecule has 0 aromatic heterocycles. The molecule has 0 radical (unpaired) electrons. The summed E-state index contributed by atoms with van der Waals surface area (Å²) in [7, 11) is 0. The van der Waals surface area contributed by atoms with Crippen molar-refractivity contribution in [3.63, 3.8) is 0 Å². The van der Waals surface area contributed by atoms with Crippen molar-refractivity contribution in [3.8, 4) is 0 Å². The third-order valence-corrected chi connectivity index (χ3v) is 8.56. The van der Waals surface area contributed by atoms with E-state index in [2.05, 4.69) is 36.0 Å². The molecule has 1 N–H and O–H groups in total. The summed E-state index contributed by atoms with van der Waals surface area (Å²) in [5.41, 5.74) is 2.99. The van der Waals surface area contributed by atoms with E-state index >= 15 is 0 Å². The van der Waals surface area contributed by atoms with E-state index in [0.717, 1.165) is 49.1 Å². The highest BCUT2D eigenvalue weighted by molar-refractivity contribution is 6.34. The molecule has 2 heterocycles. The number of aliphatic hydroxyl groups is 1. The van der Waals surface area contributed by atoms with Crippen molar-refractivity contribution in [1.82, 2.24) is 5.01 Å². The fourth-order valence-electron chi connectivity index (χ4n) is 6.38. The fraction of sp³-hybridized carbons (Fsp3) is 0.500. The second kappa shape index (κ2) is 9.61. The second-order valence-corrected chi connectivity index (χ2v) is 12.7. The number of nitrogens with zero attached hydrogens (tertiary/aromatic N) is 3. The molecule has 39 heavy (non-hydrogen) atoms. The number of aliphatic hydroxyl groups excluding tert-OH is 1. The summed E-state index contributed by atoms with van der Waals surface area (Å²) in [4.78, 5) is 41.5. The van der Waals surface area contributed by atoms with Crippen molar-refractivity contribution < 1.29 is 19.5 Å². The molecule has 5 rings (SSSR count). The van der Waals surface area contributed by atoms with E-state index in [1.54, 1.807) is 13.0 Å². The third-order valence-electron chi connectivity index (χ3n) is 8.56. The number of anilines is 1. The first-order valence-corrected chi connectivity index (χ1v) is 14.1. The van der Waals surface area contributed by atoms with E-state index in [4.69, 9.17) is 0 Å². The molecule has 206 valence electrons. The molecule has 7 heteroatoms. The third kappa shape index (κ3) is 4.46. The molecule has 2 aliphatic heterocycles. The molecule has 1 aromatic rings. The van der Waals surface area contributed by atoms with Crippen molar-refractivity contribution in [1.29, 1.82) is 0 Å². The lowest BCUT2D eigenvalue weighted by molar-refractivity contribution is -0.130. The molecule has 2 aliphatic carbocycles. The lowest BCUT2D eigenvalue weighted by atomic mass is 9.79. The minimum absolute atomic E-state index is 0.0434. The summed E-state index contributed by atoms with van der Waals surface area (Å²) in [6.07, 6.45) is 7.35. The Morgan fingerprint density at radius 3 is 2.41 bits per heavy atom. The van der Waals surface area contributed by atoms with Crippen molar-refractivity contribution >= 4 is 28.9 Å². The van der Waals surface area contributed by atoms with Gasteiger partial charge in [0.2, 0.25) is 5.78 Å². The number of ketones is 2. The van der Waals surface area contributed by atoms with E-state index in [9.17, 15) is 19.5 Å². The van der Waals surface area contributed by atoms with Crippen LogP contribution in [0.3, 0.4) is 0 Å². The van der Waals surface area contributed by atoms with E-state index in [1.165, 1.54) is 5.01 Å². The van der Waals surface area contributed by atoms with Crippen LogP contribution in [0.1, 0.15) is 85.6 Å². The largest absolute Gasteiger partial charge is 0.506 e. The van der Waals surface area contributed by atoms with Crippen LogP contribution in [0.25, 0.3) is 0 Å². The molecule has 0 saturated heterocycles.